The molecule has 0 amide bonds. The fourth-order valence-corrected chi connectivity index (χ4v) is 4.09. The molecular formula is C30H33N3O2. The Balaban J connectivity index is 0.000000308. The fourth-order valence-electron chi connectivity index (χ4n) is 4.09. The summed E-state index contributed by atoms with van der Waals surface area (Å²) in [5.41, 5.74) is 6.55. The summed E-state index contributed by atoms with van der Waals surface area (Å²) in [5, 5.41) is 8.91. The highest BCUT2D eigenvalue weighted by Crippen LogP contribution is 2.26. The molecule has 2 unspecified atom stereocenters. The van der Waals surface area contributed by atoms with Crippen LogP contribution in [0.25, 0.3) is 34.2 Å². The maximum atomic E-state index is 8.91. The first-order valence-corrected chi connectivity index (χ1v) is 12.2. The number of aliphatic hydroxyl groups is 1. The van der Waals surface area contributed by atoms with Crippen LogP contribution in [0.3, 0.4) is 0 Å². The zero-order valence-corrected chi connectivity index (χ0v) is 20.9. The summed E-state index contributed by atoms with van der Waals surface area (Å²) >= 11 is 0. The largest absolute Gasteiger partial charge is 0.391 e. The van der Waals surface area contributed by atoms with Crippen LogP contribution in [0.5, 0.6) is 0 Å². The van der Waals surface area contributed by atoms with Gasteiger partial charge in [-0.25, -0.2) is 15.0 Å². The van der Waals surface area contributed by atoms with Crippen molar-refractivity contribution in [3.05, 3.63) is 89.5 Å². The van der Waals surface area contributed by atoms with Crippen LogP contribution in [0, 0.1) is 20.8 Å². The van der Waals surface area contributed by atoms with Crippen molar-refractivity contribution >= 4 is 0 Å². The van der Waals surface area contributed by atoms with E-state index >= 15 is 0 Å². The van der Waals surface area contributed by atoms with E-state index in [0.717, 1.165) is 29.5 Å². The first-order valence-electron chi connectivity index (χ1n) is 12.2. The Bertz CT molecular complexity index is 1130. The lowest BCUT2D eigenvalue weighted by molar-refractivity contribution is 0.0869. The van der Waals surface area contributed by atoms with E-state index in [2.05, 4.69) is 64.1 Å². The van der Waals surface area contributed by atoms with Gasteiger partial charge in [0.15, 0.2) is 17.5 Å². The summed E-state index contributed by atoms with van der Waals surface area (Å²) < 4.78 is 5.16. The van der Waals surface area contributed by atoms with E-state index in [1.807, 2.05) is 36.4 Å². The zero-order chi connectivity index (χ0) is 24.8. The number of rotatable bonds is 4. The van der Waals surface area contributed by atoms with Gasteiger partial charge in [0, 0.05) is 23.1 Å². The molecule has 1 aromatic heterocycles. The van der Waals surface area contributed by atoms with Crippen LogP contribution in [0.4, 0.5) is 0 Å². The van der Waals surface area contributed by atoms with Gasteiger partial charge in [0.05, 0.1) is 18.8 Å². The molecule has 5 rings (SSSR count). The number of hydrogen-bond donors (Lipinski definition) is 1. The number of benzene rings is 3. The van der Waals surface area contributed by atoms with E-state index in [4.69, 9.17) is 24.8 Å². The highest BCUT2D eigenvalue weighted by molar-refractivity contribution is 5.67. The topological polar surface area (TPSA) is 68.1 Å². The van der Waals surface area contributed by atoms with Gasteiger partial charge >= 0.3 is 0 Å². The van der Waals surface area contributed by atoms with Crippen molar-refractivity contribution in [1.82, 2.24) is 15.0 Å². The van der Waals surface area contributed by atoms with E-state index in [1.165, 1.54) is 16.7 Å². The number of ether oxygens (including phenoxy) is 1. The molecule has 0 spiro atoms. The molecule has 0 aliphatic carbocycles. The number of aliphatic hydroxyl groups excluding tert-OH is 1. The van der Waals surface area contributed by atoms with Gasteiger partial charge in [-0.1, -0.05) is 78.2 Å². The minimum Gasteiger partial charge on any atom is -0.391 e. The van der Waals surface area contributed by atoms with Crippen LogP contribution < -0.4 is 0 Å². The second-order valence-electron chi connectivity index (χ2n) is 9.17. The zero-order valence-electron chi connectivity index (χ0n) is 20.9. The molecule has 2 atom stereocenters. The van der Waals surface area contributed by atoms with E-state index in [9.17, 15) is 0 Å². The fraction of sp³-hybridized carbons (Fsp3) is 0.300. The average molecular weight is 468 g/mol. The molecule has 0 radical (unpaired) electrons. The van der Waals surface area contributed by atoms with Gasteiger partial charge in [0.1, 0.15) is 0 Å². The van der Waals surface area contributed by atoms with Crippen molar-refractivity contribution in [2.45, 2.75) is 52.7 Å². The average Bonchev–Trinajstić information content (AvgIpc) is 3.29. The second kappa shape index (κ2) is 11.3. The van der Waals surface area contributed by atoms with Crippen LogP contribution in [0.1, 0.15) is 36.5 Å². The number of nitrogens with zero attached hydrogens (tertiary/aromatic N) is 3. The van der Waals surface area contributed by atoms with Crippen LogP contribution in [0.2, 0.25) is 0 Å². The summed E-state index contributed by atoms with van der Waals surface area (Å²) in [6.45, 7) is 8.84. The normalized spacial score (nSPS) is 17.1. The van der Waals surface area contributed by atoms with Crippen molar-refractivity contribution < 1.29 is 9.84 Å². The quantitative estimate of drug-likeness (QED) is 0.379. The maximum Gasteiger partial charge on any atom is 0.164 e. The van der Waals surface area contributed by atoms with Crippen LogP contribution in [-0.4, -0.2) is 38.9 Å². The van der Waals surface area contributed by atoms with Crippen molar-refractivity contribution in [1.29, 1.82) is 0 Å². The molecule has 5 nitrogen and oxygen atoms in total. The van der Waals surface area contributed by atoms with E-state index in [1.54, 1.807) is 0 Å². The van der Waals surface area contributed by atoms with Crippen molar-refractivity contribution in [3.8, 4) is 34.2 Å². The maximum absolute atomic E-state index is 8.91. The lowest BCUT2D eigenvalue weighted by atomic mass is 10.1. The second-order valence-corrected chi connectivity index (χ2v) is 9.17. The first-order chi connectivity index (χ1) is 16.9. The number of aryl methyl sites for hydroxylation is 3. The van der Waals surface area contributed by atoms with Crippen LogP contribution in [0.15, 0.2) is 72.8 Å². The van der Waals surface area contributed by atoms with Gasteiger partial charge in [-0.05, 0) is 45.4 Å². The van der Waals surface area contributed by atoms with Gasteiger partial charge in [-0.15, -0.1) is 0 Å². The Hall–Kier alpha value is -3.41. The Morgan fingerprint density at radius 1 is 0.714 bits per heavy atom. The molecular weight excluding hydrogens is 434 g/mol. The molecule has 1 fully saturated rings. The Morgan fingerprint density at radius 3 is 1.37 bits per heavy atom. The monoisotopic (exact) mass is 467 g/mol. The third-order valence-electron chi connectivity index (χ3n) is 5.98. The third kappa shape index (κ3) is 6.59. The Labute approximate surface area is 207 Å². The molecule has 4 aromatic rings. The Kier molecular flexibility index (Phi) is 8.01. The summed E-state index contributed by atoms with van der Waals surface area (Å²) in [6.07, 6.45) is 1.98. The minimum atomic E-state index is -0.194. The predicted octanol–water partition coefficient (Wildman–Crippen LogP) is 6.34. The molecule has 1 N–H and O–H groups in total. The highest BCUT2D eigenvalue weighted by atomic mass is 16.5. The highest BCUT2D eigenvalue weighted by Gasteiger charge is 2.21. The molecule has 35 heavy (non-hydrogen) atoms. The molecule has 0 bridgehead atoms. The van der Waals surface area contributed by atoms with Crippen molar-refractivity contribution in [2.75, 3.05) is 6.61 Å². The van der Waals surface area contributed by atoms with E-state index in [-0.39, 0.29) is 6.10 Å². The number of hydrogen-bond acceptors (Lipinski definition) is 5. The molecule has 2 heterocycles. The van der Waals surface area contributed by atoms with Crippen LogP contribution in [-0.2, 0) is 4.74 Å². The molecule has 0 saturated carbocycles. The summed E-state index contributed by atoms with van der Waals surface area (Å²) in [4.78, 5) is 14.3. The van der Waals surface area contributed by atoms with Crippen molar-refractivity contribution in [3.63, 3.8) is 0 Å². The Morgan fingerprint density at radius 2 is 1.11 bits per heavy atom. The number of aromatic nitrogens is 3. The van der Waals surface area contributed by atoms with Gasteiger partial charge < -0.3 is 9.84 Å². The van der Waals surface area contributed by atoms with Gasteiger partial charge in [0.25, 0.3) is 0 Å². The minimum absolute atomic E-state index is 0.194. The third-order valence-corrected chi connectivity index (χ3v) is 5.98. The van der Waals surface area contributed by atoms with Gasteiger partial charge in [-0.2, -0.15) is 0 Å². The molecule has 5 heteroatoms. The lowest BCUT2D eigenvalue weighted by Crippen LogP contribution is -2.04. The summed E-state index contributed by atoms with van der Waals surface area (Å²) in [5.74, 6) is 2.09. The van der Waals surface area contributed by atoms with E-state index < -0.39 is 0 Å². The predicted molar refractivity (Wildman–Crippen MR) is 141 cm³/mol. The lowest BCUT2D eigenvalue weighted by Gasteiger charge is -2.09. The smallest absolute Gasteiger partial charge is 0.164 e. The summed E-state index contributed by atoms with van der Waals surface area (Å²) in [7, 11) is 0. The van der Waals surface area contributed by atoms with Crippen molar-refractivity contribution in [2.24, 2.45) is 0 Å². The molecule has 1 aliphatic rings. The SMILES string of the molecule is CCC1CC(O)CO1.Cc1cccc(-c2nc(-c3cccc(C)c3)nc(-c3cccc(C)c3)n2)c1. The first kappa shape index (κ1) is 24.7. The van der Waals surface area contributed by atoms with E-state index in [0.29, 0.717) is 30.2 Å². The molecule has 1 aliphatic heterocycles. The summed E-state index contributed by atoms with van der Waals surface area (Å²) in [6, 6.07) is 24.8. The molecule has 1 saturated heterocycles. The van der Waals surface area contributed by atoms with Gasteiger partial charge in [-0.3, -0.25) is 0 Å². The molecule has 3 aromatic carbocycles. The molecule has 180 valence electrons. The van der Waals surface area contributed by atoms with Gasteiger partial charge in [0.2, 0.25) is 0 Å². The standard InChI is InChI=1S/C24H21N3.C6H12O2/c1-16-7-4-10-19(13-16)22-25-23(20-11-5-8-17(2)14-20)27-24(26-22)21-12-6-9-18(3)15-21;1-2-6-3-5(7)4-8-6/h4-15H,1-3H3;5-7H,2-4H2,1H3. The van der Waals surface area contributed by atoms with Crippen LogP contribution >= 0.6 is 0 Å².